The zero-order valence-corrected chi connectivity index (χ0v) is 9.34. The smallest absolute Gasteiger partial charge is 0.0223 e. The Hall–Kier alpha value is -0.0500. The van der Waals surface area contributed by atoms with Crippen LogP contribution in [0.25, 0.3) is 0 Å². The van der Waals surface area contributed by atoms with E-state index in [1.165, 1.54) is 38.9 Å². The summed E-state index contributed by atoms with van der Waals surface area (Å²) in [6, 6.07) is 0.737. The predicted octanol–water partition coefficient (Wildman–Crippen LogP) is 1.81. The highest BCUT2D eigenvalue weighted by molar-refractivity contribution is 6.25. The van der Waals surface area contributed by atoms with Crippen molar-refractivity contribution < 1.29 is 0 Å². The third kappa shape index (κ3) is 2.97. The molecule has 0 amide bonds. The highest BCUT2D eigenvalue weighted by Gasteiger charge is 2.32. The first-order valence-electron chi connectivity index (χ1n) is 5.61. The second-order valence-electron chi connectivity index (χ2n) is 4.37. The standard InChI is InChI=1S/C11H19ClN2/c12-5-1-7-14-8-2-6-13-11(9-14)10-3-4-10/h1,5,10-11,13H,2-4,6-9H2/b5-1+. The highest BCUT2D eigenvalue weighted by Crippen LogP contribution is 2.33. The van der Waals surface area contributed by atoms with E-state index >= 15 is 0 Å². The van der Waals surface area contributed by atoms with Gasteiger partial charge in [-0.1, -0.05) is 17.7 Å². The van der Waals surface area contributed by atoms with Crippen molar-refractivity contribution >= 4 is 11.6 Å². The summed E-state index contributed by atoms with van der Waals surface area (Å²) in [7, 11) is 0. The van der Waals surface area contributed by atoms with Crippen LogP contribution in [0.1, 0.15) is 19.3 Å². The molecule has 2 nitrogen and oxygen atoms in total. The quantitative estimate of drug-likeness (QED) is 0.771. The number of halogens is 1. The molecule has 0 bridgehead atoms. The van der Waals surface area contributed by atoms with E-state index < -0.39 is 0 Å². The maximum atomic E-state index is 5.55. The Morgan fingerprint density at radius 2 is 2.29 bits per heavy atom. The number of nitrogens with one attached hydrogen (secondary N) is 1. The van der Waals surface area contributed by atoms with Crippen LogP contribution >= 0.6 is 11.6 Å². The molecule has 1 aliphatic carbocycles. The molecule has 1 N–H and O–H groups in total. The van der Waals surface area contributed by atoms with Gasteiger partial charge in [0.2, 0.25) is 0 Å². The molecule has 1 aliphatic heterocycles. The van der Waals surface area contributed by atoms with E-state index in [4.69, 9.17) is 11.6 Å². The zero-order valence-electron chi connectivity index (χ0n) is 8.58. The summed E-state index contributed by atoms with van der Waals surface area (Å²) in [5.41, 5.74) is 1.63. The minimum Gasteiger partial charge on any atom is -0.312 e. The molecule has 0 aromatic rings. The minimum absolute atomic E-state index is 0.737. The van der Waals surface area contributed by atoms with Crippen molar-refractivity contribution in [2.45, 2.75) is 25.3 Å². The van der Waals surface area contributed by atoms with Crippen molar-refractivity contribution in [2.75, 3.05) is 26.2 Å². The second-order valence-corrected chi connectivity index (χ2v) is 4.62. The van der Waals surface area contributed by atoms with Gasteiger partial charge in [-0.2, -0.15) is 0 Å². The maximum absolute atomic E-state index is 5.55. The molecule has 0 radical (unpaired) electrons. The molecular weight excluding hydrogens is 196 g/mol. The van der Waals surface area contributed by atoms with Crippen molar-refractivity contribution in [3.8, 4) is 0 Å². The molecule has 0 aromatic heterocycles. The first kappa shape index (κ1) is 10.5. The van der Waals surface area contributed by atoms with Gasteiger partial charge in [0.25, 0.3) is 0 Å². The zero-order chi connectivity index (χ0) is 9.80. The Labute approximate surface area is 91.3 Å². The van der Waals surface area contributed by atoms with Crippen LogP contribution in [0.2, 0.25) is 0 Å². The summed E-state index contributed by atoms with van der Waals surface area (Å²) in [6.45, 7) is 4.60. The minimum atomic E-state index is 0.737. The molecule has 14 heavy (non-hydrogen) atoms. The van der Waals surface area contributed by atoms with Crippen molar-refractivity contribution in [1.29, 1.82) is 0 Å². The summed E-state index contributed by atoms with van der Waals surface area (Å²) in [6.07, 6.45) is 6.16. The van der Waals surface area contributed by atoms with E-state index in [0.29, 0.717) is 0 Å². The van der Waals surface area contributed by atoms with E-state index in [1.54, 1.807) is 5.54 Å². The van der Waals surface area contributed by atoms with Crippen LogP contribution < -0.4 is 5.32 Å². The molecule has 0 spiro atoms. The van der Waals surface area contributed by atoms with Crippen LogP contribution in [0.4, 0.5) is 0 Å². The van der Waals surface area contributed by atoms with Gasteiger partial charge < -0.3 is 5.32 Å². The number of hydrogen-bond acceptors (Lipinski definition) is 2. The van der Waals surface area contributed by atoms with Gasteiger partial charge >= 0.3 is 0 Å². The molecule has 3 heteroatoms. The average molecular weight is 215 g/mol. The first-order valence-corrected chi connectivity index (χ1v) is 6.05. The lowest BCUT2D eigenvalue weighted by Crippen LogP contribution is -2.39. The Balaban J connectivity index is 1.83. The van der Waals surface area contributed by atoms with Crippen LogP contribution in [-0.2, 0) is 0 Å². The molecule has 1 heterocycles. The van der Waals surface area contributed by atoms with Gasteiger partial charge in [0.1, 0.15) is 0 Å². The van der Waals surface area contributed by atoms with Crippen molar-refractivity contribution in [3.05, 3.63) is 11.6 Å². The number of rotatable bonds is 3. The largest absolute Gasteiger partial charge is 0.312 e. The topological polar surface area (TPSA) is 15.3 Å². The number of nitrogens with zero attached hydrogens (tertiary/aromatic N) is 1. The van der Waals surface area contributed by atoms with E-state index in [-0.39, 0.29) is 0 Å². The van der Waals surface area contributed by atoms with Crippen LogP contribution in [0.3, 0.4) is 0 Å². The van der Waals surface area contributed by atoms with Gasteiger partial charge in [0, 0.05) is 24.7 Å². The maximum Gasteiger partial charge on any atom is 0.0223 e. The lowest BCUT2D eigenvalue weighted by molar-refractivity contribution is 0.283. The molecular formula is C11H19ClN2. The Morgan fingerprint density at radius 3 is 3.00 bits per heavy atom. The summed E-state index contributed by atoms with van der Waals surface area (Å²) in [4.78, 5) is 2.50. The Kier molecular flexibility index (Phi) is 3.85. The van der Waals surface area contributed by atoms with E-state index in [2.05, 4.69) is 10.2 Å². The van der Waals surface area contributed by atoms with Gasteiger partial charge in [-0.05, 0) is 38.3 Å². The average Bonchev–Trinajstić information content (AvgIpc) is 3.00. The van der Waals surface area contributed by atoms with Crippen LogP contribution in [0, 0.1) is 5.92 Å². The lowest BCUT2D eigenvalue weighted by atomic mass is 10.2. The molecule has 2 fully saturated rings. The summed E-state index contributed by atoms with van der Waals surface area (Å²) < 4.78 is 0. The van der Waals surface area contributed by atoms with Crippen LogP contribution in [0.5, 0.6) is 0 Å². The second kappa shape index (κ2) is 5.15. The normalized spacial score (nSPS) is 30.8. The van der Waals surface area contributed by atoms with E-state index in [0.717, 1.165) is 18.5 Å². The van der Waals surface area contributed by atoms with Crippen molar-refractivity contribution in [1.82, 2.24) is 10.2 Å². The SMILES string of the molecule is Cl/C=C/CN1CCCNC(C2CC2)C1. The fourth-order valence-electron chi connectivity index (χ4n) is 2.19. The van der Waals surface area contributed by atoms with Crippen LogP contribution in [0.15, 0.2) is 11.6 Å². The summed E-state index contributed by atoms with van der Waals surface area (Å²) in [5.74, 6) is 0.954. The molecule has 1 atom stereocenters. The molecule has 1 unspecified atom stereocenters. The third-order valence-corrected chi connectivity index (χ3v) is 3.33. The predicted molar refractivity (Wildman–Crippen MR) is 60.6 cm³/mol. The monoisotopic (exact) mass is 214 g/mol. The molecule has 1 saturated heterocycles. The van der Waals surface area contributed by atoms with Gasteiger partial charge in [0.15, 0.2) is 0 Å². The lowest BCUT2D eigenvalue weighted by Gasteiger charge is -2.22. The Morgan fingerprint density at radius 1 is 1.43 bits per heavy atom. The van der Waals surface area contributed by atoms with Crippen molar-refractivity contribution in [2.24, 2.45) is 5.92 Å². The fraction of sp³-hybridized carbons (Fsp3) is 0.818. The molecule has 2 aliphatic rings. The molecule has 1 saturated carbocycles. The van der Waals surface area contributed by atoms with Gasteiger partial charge in [-0.15, -0.1) is 0 Å². The van der Waals surface area contributed by atoms with Gasteiger partial charge in [-0.3, -0.25) is 4.90 Å². The fourth-order valence-corrected chi connectivity index (χ4v) is 2.27. The Bertz CT molecular complexity index is 201. The first-order chi connectivity index (χ1) is 6.90. The summed E-state index contributed by atoms with van der Waals surface area (Å²) in [5, 5.41) is 3.65. The van der Waals surface area contributed by atoms with Gasteiger partial charge in [-0.25, -0.2) is 0 Å². The third-order valence-electron chi connectivity index (χ3n) is 3.16. The summed E-state index contributed by atoms with van der Waals surface area (Å²) >= 11 is 5.55. The number of hydrogen-bond donors (Lipinski definition) is 1. The van der Waals surface area contributed by atoms with Crippen LogP contribution in [-0.4, -0.2) is 37.1 Å². The molecule has 0 aromatic carbocycles. The van der Waals surface area contributed by atoms with Gasteiger partial charge in [0.05, 0.1) is 0 Å². The van der Waals surface area contributed by atoms with Crippen molar-refractivity contribution in [3.63, 3.8) is 0 Å². The highest BCUT2D eigenvalue weighted by atomic mass is 35.5. The molecule has 2 rings (SSSR count). The van der Waals surface area contributed by atoms with E-state index in [9.17, 15) is 0 Å². The van der Waals surface area contributed by atoms with E-state index in [1.807, 2.05) is 6.08 Å². The molecule has 80 valence electrons.